The smallest absolute Gasteiger partial charge is 0.244 e. The van der Waals surface area contributed by atoms with Crippen molar-refractivity contribution in [3.63, 3.8) is 0 Å². The van der Waals surface area contributed by atoms with E-state index in [-0.39, 0.29) is 12.3 Å². The molecule has 3 aromatic rings. The van der Waals surface area contributed by atoms with Gasteiger partial charge in [-0.2, -0.15) is 0 Å². The molecule has 206 valence electrons. The maximum absolute atomic E-state index is 13.3. The molecule has 0 radical (unpaired) electrons. The third-order valence-corrected chi connectivity index (χ3v) is 6.36. The molecule has 0 fully saturated rings. The largest absolute Gasteiger partial charge is 0.494 e. The molecule has 0 heterocycles. The quantitative estimate of drug-likeness (QED) is 0.127. The lowest BCUT2D eigenvalue weighted by molar-refractivity contribution is -0.136. The standard InChI is InChI=1S/C31H37N3O5/c35-29(34-38)23-26(16-10-11-21-39-27-17-8-3-9-18-27)30(36)33-28(22-25-14-6-2-7-15-25)31(37)32-20-19-24-12-4-1-5-13-24/h1-9,12-15,17-18,26,28,38H,10-11,16,19-23H2,(H,32,37)(H,33,36)(H,34,35)/t26-,28+/m1/s1. The molecule has 0 bridgehead atoms. The SMILES string of the molecule is O=C(C[C@@H](CCCCOc1ccccc1)C(=O)N[C@@H](Cc1ccccc1)C(=O)NCCc1ccccc1)NO. The molecule has 0 saturated heterocycles. The topological polar surface area (TPSA) is 117 Å². The zero-order chi connectivity index (χ0) is 27.7. The Morgan fingerprint density at radius 3 is 2.03 bits per heavy atom. The molecule has 0 aliphatic carbocycles. The molecular formula is C31H37N3O5. The molecule has 2 atom stereocenters. The van der Waals surface area contributed by atoms with E-state index in [0.29, 0.717) is 45.3 Å². The number of amides is 3. The molecule has 39 heavy (non-hydrogen) atoms. The first-order valence-electron chi connectivity index (χ1n) is 13.3. The van der Waals surface area contributed by atoms with Crippen LogP contribution < -0.4 is 20.9 Å². The molecule has 0 unspecified atom stereocenters. The van der Waals surface area contributed by atoms with Gasteiger partial charge in [-0.1, -0.05) is 78.9 Å². The number of carbonyl (C=O) groups is 3. The van der Waals surface area contributed by atoms with Crippen LogP contribution in [0.25, 0.3) is 0 Å². The zero-order valence-electron chi connectivity index (χ0n) is 22.1. The van der Waals surface area contributed by atoms with E-state index in [1.165, 1.54) is 0 Å². The van der Waals surface area contributed by atoms with Crippen molar-refractivity contribution in [2.24, 2.45) is 5.92 Å². The molecule has 3 rings (SSSR count). The van der Waals surface area contributed by atoms with Crippen LogP contribution in [0.15, 0.2) is 91.0 Å². The van der Waals surface area contributed by atoms with Gasteiger partial charge in [-0.05, 0) is 48.9 Å². The number of carbonyl (C=O) groups excluding carboxylic acids is 3. The number of hydroxylamine groups is 1. The van der Waals surface area contributed by atoms with Gasteiger partial charge in [0.2, 0.25) is 17.7 Å². The van der Waals surface area contributed by atoms with Crippen LogP contribution in [0.1, 0.15) is 36.8 Å². The highest BCUT2D eigenvalue weighted by Crippen LogP contribution is 2.16. The maximum atomic E-state index is 13.3. The number of hydrogen-bond acceptors (Lipinski definition) is 5. The van der Waals surface area contributed by atoms with Crippen molar-refractivity contribution in [2.45, 2.75) is 44.6 Å². The third-order valence-electron chi connectivity index (χ3n) is 6.36. The Bertz CT molecular complexity index is 1140. The van der Waals surface area contributed by atoms with E-state index < -0.39 is 23.8 Å². The minimum absolute atomic E-state index is 0.185. The summed E-state index contributed by atoms with van der Waals surface area (Å²) in [4.78, 5) is 38.4. The lowest BCUT2D eigenvalue weighted by Gasteiger charge is -2.22. The summed E-state index contributed by atoms with van der Waals surface area (Å²) in [6, 6.07) is 27.9. The Morgan fingerprint density at radius 2 is 1.38 bits per heavy atom. The summed E-state index contributed by atoms with van der Waals surface area (Å²) in [5.74, 6) is -1.27. The molecule has 0 aliphatic heterocycles. The first-order chi connectivity index (χ1) is 19.0. The van der Waals surface area contributed by atoms with Crippen LogP contribution in [0.5, 0.6) is 5.75 Å². The summed E-state index contributed by atoms with van der Waals surface area (Å²) in [5, 5.41) is 14.8. The minimum Gasteiger partial charge on any atom is -0.494 e. The molecule has 0 spiro atoms. The summed E-state index contributed by atoms with van der Waals surface area (Å²) in [7, 11) is 0. The van der Waals surface area contributed by atoms with Crippen molar-refractivity contribution in [1.29, 1.82) is 0 Å². The Balaban J connectivity index is 1.58. The number of hydrogen-bond donors (Lipinski definition) is 4. The van der Waals surface area contributed by atoms with Gasteiger partial charge < -0.3 is 15.4 Å². The van der Waals surface area contributed by atoms with Crippen LogP contribution >= 0.6 is 0 Å². The maximum Gasteiger partial charge on any atom is 0.244 e. The van der Waals surface area contributed by atoms with Gasteiger partial charge in [-0.3, -0.25) is 19.6 Å². The van der Waals surface area contributed by atoms with Gasteiger partial charge in [0.15, 0.2) is 0 Å². The van der Waals surface area contributed by atoms with Crippen LogP contribution in [0.2, 0.25) is 0 Å². The van der Waals surface area contributed by atoms with Gasteiger partial charge in [0.25, 0.3) is 0 Å². The summed E-state index contributed by atoms with van der Waals surface area (Å²) in [5.41, 5.74) is 3.62. The second kappa shape index (κ2) is 16.6. The molecule has 3 amide bonds. The van der Waals surface area contributed by atoms with Crippen LogP contribution in [0.4, 0.5) is 0 Å². The molecule has 3 aromatic carbocycles. The fraction of sp³-hybridized carbons (Fsp3) is 0.323. The van der Waals surface area contributed by atoms with Crippen molar-refractivity contribution in [3.05, 3.63) is 102 Å². The van der Waals surface area contributed by atoms with Crippen LogP contribution in [-0.4, -0.2) is 42.1 Å². The van der Waals surface area contributed by atoms with Gasteiger partial charge in [0, 0.05) is 25.3 Å². The van der Waals surface area contributed by atoms with E-state index in [2.05, 4.69) is 10.6 Å². The fourth-order valence-electron chi connectivity index (χ4n) is 4.24. The van der Waals surface area contributed by atoms with Crippen LogP contribution in [0.3, 0.4) is 0 Å². The zero-order valence-corrected chi connectivity index (χ0v) is 22.1. The highest BCUT2D eigenvalue weighted by atomic mass is 16.5. The van der Waals surface area contributed by atoms with Gasteiger partial charge in [0.1, 0.15) is 11.8 Å². The van der Waals surface area contributed by atoms with Gasteiger partial charge >= 0.3 is 0 Å². The third kappa shape index (κ3) is 11.0. The van der Waals surface area contributed by atoms with Crippen molar-refractivity contribution in [2.75, 3.05) is 13.2 Å². The molecule has 8 nitrogen and oxygen atoms in total. The Hall–Kier alpha value is -4.17. The second-order valence-corrected chi connectivity index (χ2v) is 9.37. The van der Waals surface area contributed by atoms with E-state index in [0.717, 1.165) is 16.9 Å². The number of para-hydroxylation sites is 1. The van der Waals surface area contributed by atoms with E-state index in [4.69, 9.17) is 9.94 Å². The highest BCUT2D eigenvalue weighted by molar-refractivity contribution is 5.90. The van der Waals surface area contributed by atoms with E-state index in [1.54, 1.807) is 5.48 Å². The predicted molar refractivity (Wildman–Crippen MR) is 149 cm³/mol. The molecule has 0 saturated carbocycles. The monoisotopic (exact) mass is 531 g/mol. The van der Waals surface area contributed by atoms with E-state index in [1.807, 2.05) is 91.0 Å². The minimum atomic E-state index is -0.809. The first kappa shape index (κ1) is 29.4. The Morgan fingerprint density at radius 1 is 0.769 bits per heavy atom. The average Bonchev–Trinajstić information content (AvgIpc) is 2.97. The molecule has 8 heteroatoms. The summed E-state index contributed by atoms with van der Waals surface area (Å²) < 4.78 is 5.71. The first-order valence-corrected chi connectivity index (χ1v) is 13.3. The lowest BCUT2D eigenvalue weighted by Crippen LogP contribution is -2.50. The van der Waals surface area contributed by atoms with Gasteiger partial charge in [-0.25, -0.2) is 5.48 Å². The van der Waals surface area contributed by atoms with Crippen molar-refractivity contribution in [3.8, 4) is 5.75 Å². The Kier molecular flexibility index (Phi) is 12.5. The lowest BCUT2D eigenvalue weighted by atomic mass is 9.95. The second-order valence-electron chi connectivity index (χ2n) is 9.37. The fourth-order valence-corrected chi connectivity index (χ4v) is 4.24. The van der Waals surface area contributed by atoms with Crippen molar-refractivity contribution < 1.29 is 24.3 Å². The summed E-state index contributed by atoms with van der Waals surface area (Å²) in [6.45, 7) is 0.909. The number of unbranched alkanes of at least 4 members (excludes halogenated alkanes) is 1. The number of benzene rings is 3. The van der Waals surface area contributed by atoms with Crippen molar-refractivity contribution >= 4 is 17.7 Å². The van der Waals surface area contributed by atoms with E-state index >= 15 is 0 Å². The van der Waals surface area contributed by atoms with Gasteiger partial charge in [-0.15, -0.1) is 0 Å². The number of ether oxygens (including phenoxy) is 1. The molecule has 4 N–H and O–H groups in total. The van der Waals surface area contributed by atoms with Crippen molar-refractivity contribution in [1.82, 2.24) is 16.1 Å². The predicted octanol–water partition coefficient (Wildman–Crippen LogP) is 3.83. The average molecular weight is 532 g/mol. The molecule has 0 aliphatic rings. The normalized spacial score (nSPS) is 12.1. The summed E-state index contributed by atoms with van der Waals surface area (Å²) >= 11 is 0. The van der Waals surface area contributed by atoms with Crippen LogP contribution in [0, 0.1) is 5.92 Å². The molecule has 0 aromatic heterocycles. The van der Waals surface area contributed by atoms with E-state index in [9.17, 15) is 14.4 Å². The molecular weight excluding hydrogens is 494 g/mol. The van der Waals surface area contributed by atoms with Crippen LogP contribution in [-0.2, 0) is 27.2 Å². The highest BCUT2D eigenvalue weighted by Gasteiger charge is 2.27. The number of nitrogens with one attached hydrogen (secondary N) is 3. The van der Waals surface area contributed by atoms with Gasteiger partial charge in [0.05, 0.1) is 6.61 Å². The number of rotatable bonds is 16. The Labute approximate surface area is 229 Å². The summed E-state index contributed by atoms with van der Waals surface area (Å²) in [6.07, 6.45) is 2.53.